The van der Waals surface area contributed by atoms with E-state index in [2.05, 4.69) is 20.5 Å². The van der Waals surface area contributed by atoms with Gasteiger partial charge in [0.25, 0.3) is 20.2 Å². The van der Waals surface area contributed by atoms with Crippen LogP contribution in [0.25, 0.3) is 32.3 Å². The predicted molar refractivity (Wildman–Crippen MR) is 177 cm³/mol. The molecule has 0 atom stereocenters. The minimum atomic E-state index is -4.46. The van der Waals surface area contributed by atoms with Crippen LogP contribution < -0.4 is 5.73 Å². The number of nitrogens with zero attached hydrogens (tertiary/aromatic N) is 4. The third-order valence-corrected chi connectivity index (χ3v) is 8.64. The van der Waals surface area contributed by atoms with Gasteiger partial charge in [0, 0.05) is 91.7 Å². The number of azo groups is 2. The number of hydrogen-bond acceptors (Lipinski definition) is 10. The van der Waals surface area contributed by atoms with E-state index in [9.17, 15) is 31.0 Å². The summed E-state index contributed by atoms with van der Waals surface area (Å²) in [6, 6.07) is 24.6. The van der Waals surface area contributed by atoms with Crippen molar-refractivity contribution in [2.45, 2.75) is 9.79 Å². The second kappa shape index (κ2) is 13.8. The smallest absolute Gasteiger partial charge is 0.294 e. The molecule has 5 N–H and O–H groups in total. The van der Waals surface area contributed by atoms with Gasteiger partial charge in [-0.15, -0.1) is 20.5 Å². The minimum absolute atomic E-state index is 0. The van der Waals surface area contributed by atoms with Gasteiger partial charge in [0.15, 0.2) is 0 Å². The summed E-state index contributed by atoms with van der Waals surface area (Å²) in [7, 11) is -8.87. The first-order chi connectivity index (χ1) is 20.9. The summed E-state index contributed by atoms with van der Waals surface area (Å²) >= 11 is 0. The number of hydrogen-bond donors (Lipinski definition) is 4. The van der Waals surface area contributed by atoms with Crippen molar-refractivity contribution in [3.05, 3.63) is 97.1 Å². The maximum absolute atomic E-state index is 11.7. The summed E-state index contributed by atoms with van der Waals surface area (Å²) in [5.41, 5.74) is 7.82. The number of nitrogens with two attached hydrogens (primary N) is 1. The molecule has 16 heteroatoms. The fourth-order valence-corrected chi connectivity index (χ4v) is 5.80. The van der Waals surface area contributed by atoms with Crippen LogP contribution >= 0.6 is 0 Å². The molecule has 222 valence electrons. The quantitative estimate of drug-likeness (QED) is 0.0626. The van der Waals surface area contributed by atoms with Crippen molar-refractivity contribution >= 4 is 140 Å². The average Bonchev–Trinajstić information content (AvgIpc) is 2.99. The van der Waals surface area contributed by atoms with E-state index >= 15 is 0 Å². The van der Waals surface area contributed by atoms with Crippen LogP contribution in [0.15, 0.2) is 127 Å². The van der Waals surface area contributed by atoms with Crippen LogP contribution in [0, 0.1) is 0 Å². The molecule has 6 aromatic rings. The van der Waals surface area contributed by atoms with E-state index in [0.29, 0.717) is 55.1 Å². The van der Waals surface area contributed by atoms with Crippen LogP contribution in [-0.4, -0.2) is 90.2 Å². The molecule has 6 aromatic carbocycles. The summed E-state index contributed by atoms with van der Waals surface area (Å²) in [6.07, 6.45) is 0. The molecular weight excluding hydrogens is 652 g/mol. The van der Waals surface area contributed by atoms with Gasteiger partial charge < -0.3 is 10.8 Å². The first kappa shape index (κ1) is 35.6. The molecule has 0 unspecified atom stereocenters. The molecule has 12 nitrogen and oxygen atoms in total. The number of phenols is 1. The second-order valence-corrected chi connectivity index (χ2v) is 12.5. The molecule has 0 spiro atoms. The van der Waals surface area contributed by atoms with Gasteiger partial charge in [-0.25, -0.2) is 0 Å². The van der Waals surface area contributed by atoms with Crippen LogP contribution in [0.5, 0.6) is 5.75 Å². The van der Waals surface area contributed by atoms with Crippen LogP contribution in [0.2, 0.25) is 0 Å². The summed E-state index contributed by atoms with van der Waals surface area (Å²) < 4.78 is 65.4. The summed E-state index contributed by atoms with van der Waals surface area (Å²) in [5.74, 6) is -0.177. The van der Waals surface area contributed by atoms with Gasteiger partial charge in [-0.2, -0.15) is 16.8 Å². The zero-order valence-corrected chi connectivity index (χ0v) is 30.0. The third kappa shape index (κ3) is 7.16. The fourth-order valence-electron chi connectivity index (χ4n) is 4.78. The number of phenolic OH excluding ortho intramolecular Hbond substituents is 1. The van der Waals surface area contributed by atoms with E-state index < -0.39 is 20.2 Å². The predicted octanol–water partition coefficient (Wildman–Crippen LogP) is 7.00. The Morgan fingerprint density at radius 2 is 1.02 bits per heavy atom. The molecule has 0 aliphatic carbocycles. The third-order valence-electron chi connectivity index (χ3n) is 6.94. The number of aromatic hydroxyl groups is 1. The van der Waals surface area contributed by atoms with E-state index in [1.165, 1.54) is 48.5 Å². The van der Waals surface area contributed by atoms with E-state index in [-0.39, 0.29) is 80.3 Å². The Kier molecular flexibility index (Phi) is 10.7. The van der Waals surface area contributed by atoms with Crippen molar-refractivity contribution in [2.24, 2.45) is 20.5 Å². The van der Waals surface area contributed by atoms with Crippen molar-refractivity contribution in [2.75, 3.05) is 5.73 Å². The molecular formula is C30H21N5Na2O7S2. The molecule has 0 aromatic heterocycles. The van der Waals surface area contributed by atoms with Gasteiger partial charge in [-0.05, 0) is 60.0 Å². The maximum Gasteiger partial charge on any atom is 0.294 e. The van der Waals surface area contributed by atoms with E-state index in [4.69, 9.17) is 5.73 Å². The Labute approximate surface area is 307 Å². The SMILES string of the molecule is Nc1ccc(N=Nc2ccc(N=Nc3c(O)ccc4cc(S(=O)(=O)O)ccc34)c3ccccc23)c2cc(S(=O)(=O)O)ccc12.[Na].[Na]. The number of rotatable bonds is 6. The van der Waals surface area contributed by atoms with Crippen LogP contribution in [0.1, 0.15) is 0 Å². The molecule has 0 aliphatic heterocycles. The Bertz CT molecular complexity index is 2440. The van der Waals surface area contributed by atoms with Gasteiger partial charge in [-0.1, -0.05) is 42.5 Å². The molecule has 46 heavy (non-hydrogen) atoms. The first-order valence-corrected chi connectivity index (χ1v) is 15.7. The zero-order chi connectivity index (χ0) is 31.2. The summed E-state index contributed by atoms with van der Waals surface area (Å²) in [4.78, 5) is -0.594. The summed E-state index contributed by atoms with van der Waals surface area (Å²) in [5, 5.41) is 31.0. The monoisotopic (exact) mass is 673 g/mol. The maximum atomic E-state index is 11.7. The number of nitrogen functional groups attached to an aromatic ring is 1. The summed E-state index contributed by atoms with van der Waals surface area (Å²) in [6.45, 7) is 0. The molecule has 6 rings (SSSR count). The standard InChI is InChI=1S/C30H21N5O7S2.2Na/c31-25-10-11-28(24-16-19(44(40,41)42)7-9-21(24)25)33-32-26-12-13-27(23-4-2-1-3-22(23)26)34-35-30-20-8-6-18(43(37,38)39)15-17(20)5-14-29(30)36;;/h1-16,36H,31H2,(H,37,38,39)(H,40,41,42);;. The average molecular weight is 674 g/mol. The van der Waals surface area contributed by atoms with Gasteiger partial charge in [0.2, 0.25) is 0 Å². The van der Waals surface area contributed by atoms with Gasteiger partial charge in [-0.3, -0.25) is 9.11 Å². The van der Waals surface area contributed by atoms with Crippen LogP contribution in [0.4, 0.5) is 28.4 Å². The fraction of sp³-hybridized carbons (Fsp3) is 0. The topological polar surface area (TPSA) is 204 Å². The van der Waals surface area contributed by atoms with Crippen molar-refractivity contribution in [3.8, 4) is 5.75 Å². The van der Waals surface area contributed by atoms with E-state index in [0.717, 1.165) is 0 Å². The Hall–Kier alpha value is -3.28. The normalized spacial score (nSPS) is 12.1. The Morgan fingerprint density at radius 3 is 1.61 bits per heavy atom. The largest absolute Gasteiger partial charge is 0.506 e. The van der Waals surface area contributed by atoms with Gasteiger partial charge >= 0.3 is 0 Å². The molecule has 0 bridgehead atoms. The minimum Gasteiger partial charge on any atom is -0.506 e. The van der Waals surface area contributed by atoms with E-state index in [1.54, 1.807) is 36.4 Å². The van der Waals surface area contributed by atoms with Crippen molar-refractivity contribution in [3.63, 3.8) is 0 Å². The molecule has 0 fully saturated rings. The van der Waals surface area contributed by atoms with Crippen LogP contribution in [-0.2, 0) is 20.2 Å². The molecule has 2 radical (unpaired) electrons. The van der Waals surface area contributed by atoms with Crippen molar-refractivity contribution < 1.29 is 31.0 Å². The second-order valence-electron chi connectivity index (χ2n) is 9.70. The molecule has 0 heterocycles. The van der Waals surface area contributed by atoms with Crippen molar-refractivity contribution in [1.29, 1.82) is 0 Å². The van der Waals surface area contributed by atoms with Gasteiger partial charge in [0.05, 0.1) is 26.9 Å². The Morgan fingerprint density at radius 1 is 0.522 bits per heavy atom. The zero-order valence-electron chi connectivity index (χ0n) is 24.4. The first-order valence-electron chi connectivity index (χ1n) is 12.8. The Balaban J connectivity index is 0.00000240. The van der Waals surface area contributed by atoms with Gasteiger partial charge in [0.1, 0.15) is 11.4 Å². The van der Waals surface area contributed by atoms with E-state index in [1.807, 2.05) is 12.1 Å². The molecule has 0 saturated carbocycles. The van der Waals surface area contributed by atoms with Crippen LogP contribution in [0.3, 0.4) is 0 Å². The molecule has 0 saturated heterocycles. The molecule has 0 amide bonds. The van der Waals surface area contributed by atoms with Crippen molar-refractivity contribution in [1.82, 2.24) is 0 Å². The number of anilines is 1. The number of fused-ring (bicyclic) bond motifs is 3. The molecule has 0 aliphatic rings. The number of benzene rings is 6.